The summed E-state index contributed by atoms with van der Waals surface area (Å²) in [5, 5.41) is 13.2. The maximum atomic E-state index is 14.5. The molecule has 6 rings (SSSR count). The van der Waals surface area contributed by atoms with Crippen LogP contribution in [0, 0.1) is 17.0 Å². The zero-order chi connectivity index (χ0) is 24.5. The van der Waals surface area contributed by atoms with Crippen molar-refractivity contribution in [1.82, 2.24) is 34.9 Å². The van der Waals surface area contributed by atoms with Crippen LogP contribution in [0.1, 0.15) is 49.6 Å². The predicted octanol–water partition coefficient (Wildman–Crippen LogP) is 3.73. The lowest BCUT2D eigenvalue weighted by Gasteiger charge is -2.37. The molecule has 2 unspecified atom stereocenters. The summed E-state index contributed by atoms with van der Waals surface area (Å²) in [6, 6.07) is 7.41. The first kappa shape index (κ1) is 22.2. The van der Waals surface area contributed by atoms with E-state index in [0.29, 0.717) is 5.95 Å². The molecular weight excluding hydrogens is 472 g/mol. The molecule has 0 radical (unpaired) electrons. The van der Waals surface area contributed by atoms with Crippen LogP contribution in [-0.4, -0.2) is 45.7 Å². The second-order valence-corrected chi connectivity index (χ2v) is 10.8. The number of hydrogen-bond acceptors (Lipinski definition) is 7. The first-order chi connectivity index (χ1) is 16.7. The van der Waals surface area contributed by atoms with E-state index in [2.05, 4.69) is 39.1 Å². The molecule has 0 aliphatic heterocycles. The van der Waals surface area contributed by atoms with Crippen molar-refractivity contribution < 1.29 is 13.3 Å². The third-order valence-electron chi connectivity index (χ3n) is 7.61. The molecule has 35 heavy (non-hydrogen) atoms. The summed E-state index contributed by atoms with van der Waals surface area (Å²) in [6.07, 6.45) is 6.29. The number of hydrogen-bond donors (Lipinski definition) is 0. The normalized spacial score (nSPS) is 22.9. The van der Waals surface area contributed by atoms with Crippen LogP contribution in [0.4, 0.5) is 8.78 Å². The van der Waals surface area contributed by atoms with Gasteiger partial charge in [0.1, 0.15) is 24.2 Å². The van der Waals surface area contributed by atoms with Gasteiger partial charge in [-0.15, -0.1) is 5.10 Å². The van der Waals surface area contributed by atoms with Crippen molar-refractivity contribution in [3.8, 4) is 17.2 Å². The maximum absolute atomic E-state index is 14.5. The van der Waals surface area contributed by atoms with Gasteiger partial charge in [-0.2, -0.15) is 14.8 Å². The number of benzene rings is 1. The van der Waals surface area contributed by atoms with Crippen molar-refractivity contribution in [1.29, 1.82) is 0 Å². The molecule has 2 aliphatic rings. The summed E-state index contributed by atoms with van der Waals surface area (Å²) in [5.41, 5.74) is 1.67. The van der Waals surface area contributed by atoms with E-state index < -0.39 is 28.2 Å². The van der Waals surface area contributed by atoms with E-state index in [9.17, 15) is 13.3 Å². The summed E-state index contributed by atoms with van der Waals surface area (Å²) in [6.45, 7) is 4.34. The molecule has 0 amide bonds. The Labute approximate surface area is 203 Å². The molecule has 0 saturated heterocycles. The molecule has 4 aromatic rings. The van der Waals surface area contributed by atoms with E-state index in [1.807, 2.05) is 6.07 Å². The SMILES string of the molecule is C[S+]([O-])c1ncn(-c2nccc([C@@]34CCC(c5cc(-c6c(F)cccc6F)nnc53)C4(C)C)n2)n1. The smallest absolute Gasteiger partial charge is 0.361 e. The molecule has 0 spiro atoms. The molecular formula is C24H21F2N7OS. The molecule has 1 aromatic carbocycles. The van der Waals surface area contributed by atoms with Crippen molar-refractivity contribution in [3.63, 3.8) is 0 Å². The van der Waals surface area contributed by atoms with E-state index >= 15 is 0 Å². The molecule has 2 aliphatic carbocycles. The Kier molecular flexibility index (Phi) is 4.81. The van der Waals surface area contributed by atoms with Crippen LogP contribution >= 0.6 is 0 Å². The summed E-state index contributed by atoms with van der Waals surface area (Å²) >= 11 is -1.33. The molecule has 2 bridgehead atoms. The first-order valence-electron chi connectivity index (χ1n) is 11.2. The third kappa shape index (κ3) is 3.00. The molecule has 11 heteroatoms. The molecule has 178 valence electrons. The fourth-order valence-corrected chi connectivity index (χ4v) is 6.33. The average Bonchev–Trinajstić information content (AvgIpc) is 3.48. The van der Waals surface area contributed by atoms with Crippen molar-refractivity contribution >= 4 is 11.2 Å². The summed E-state index contributed by atoms with van der Waals surface area (Å²) < 4.78 is 42.1. The van der Waals surface area contributed by atoms with E-state index in [1.165, 1.54) is 35.5 Å². The summed E-state index contributed by atoms with van der Waals surface area (Å²) in [4.78, 5) is 13.2. The molecule has 3 aromatic heterocycles. The number of nitrogens with zero attached hydrogens (tertiary/aromatic N) is 7. The van der Waals surface area contributed by atoms with Gasteiger partial charge in [-0.05, 0) is 54.0 Å². The van der Waals surface area contributed by atoms with Gasteiger partial charge >= 0.3 is 5.16 Å². The van der Waals surface area contributed by atoms with E-state index in [4.69, 9.17) is 4.98 Å². The topological polar surface area (TPSA) is 105 Å². The maximum Gasteiger partial charge on any atom is 0.361 e. The highest BCUT2D eigenvalue weighted by Crippen LogP contribution is 2.69. The monoisotopic (exact) mass is 493 g/mol. The van der Waals surface area contributed by atoms with Gasteiger partial charge in [-0.3, -0.25) is 0 Å². The van der Waals surface area contributed by atoms with E-state index in [-0.39, 0.29) is 27.7 Å². The summed E-state index contributed by atoms with van der Waals surface area (Å²) in [5.74, 6) is -0.902. The van der Waals surface area contributed by atoms with Crippen LogP contribution in [0.5, 0.6) is 0 Å². The van der Waals surface area contributed by atoms with Gasteiger partial charge in [0, 0.05) is 17.4 Å². The lowest BCUT2D eigenvalue weighted by molar-refractivity contribution is 0.242. The Morgan fingerprint density at radius 3 is 2.60 bits per heavy atom. The quantitative estimate of drug-likeness (QED) is 0.399. The fourth-order valence-electron chi connectivity index (χ4n) is 5.93. The second-order valence-electron chi connectivity index (χ2n) is 9.52. The Morgan fingerprint density at radius 2 is 1.89 bits per heavy atom. The molecule has 0 N–H and O–H groups in total. The van der Waals surface area contributed by atoms with Crippen LogP contribution in [0.3, 0.4) is 0 Å². The van der Waals surface area contributed by atoms with Gasteiger partial charge in [0.2, 0.25) is 0 Å². The van der Waals surface area contributed by atoms with E-state index in [1.54, 1.807) is 12.3 Å². The van der Waals surface area contributed by atoms with Crippen LogP contribution in [0.15, 0.2) is 48.0 Å². The minimum atomic E-state index is -1.33. The van der Waals surface area contributed by atoms with Crippen molar-refractivity contribution in [2.45, 2.75) is 43.2 Å². The highest BCUT2D eigenvalue weighted by molar-refractivity contribution is 7.90. The zero-order valence-corrected chi connectivity index (χ0v) is 20.1. The van der Waals surface area contributed by atoms with Gasteiger partial charge in [0.15, 0.2) is 0 Å². The minimum absolute atomic E-state index is 0.125. The molecule has 1 saturated carbocycles. The first-order valence-corrected chi connectivity index (χ1v) is 12.7. The third-order valence-corrected chi connectivity index (χ3v) is 8.32. The van der Waals surface area contributed by atoms with Crippen LogP contribution in [-0.2, 0) is 16.6 Å². The van der Waals surface area contributed by atoms with Gasteiger partial charge in [0.05, 0.1) is 28.1 Å². The Hall–Kier alpha value is -3.31. The molecule has 1 fully saturated rings. The second kappa shape index (κ2) is 7.59. The van der Waals surface area contributed by atoms with Crippen LogP contribution in [0.2, 0.25) is 0 Å². The van der Waals surface area contributed by atoms with Crippen molar-refractivity contribution in [2.24, 2.45) is 5.41 Å². The van der Waals surface area contributed by atoms with Crippen molar-refractivity contribution in [2.75, 3.05) is 6.26 Å². The molecule has 3 heterocycles. The Balaban J connectivity index is 1.49. The lowest BCUT2D eigenvalue weighted by Crippen LogP contribution is -2.38. The van der Waals surface area contributed by atoms with Gasteiger partial charge < -0.3 is 4.55 Å². The van der Waals surface area contributed by atoms with Crippen LogP contribution < -0.4 is 0 Å². The lowest BCUT2D eigenvalue weighted by atomic mass is 9.66. The van der Waals surface area contributed by atoms with Crippen LogP contribution in [0.25, 0.3) is 17.2 Å². The summed E-state index contributed by atoms with van der Waals surface area (Å²) in [7, 11) is 0. The zero-order valence-electron chi connectivity index (χ0n) is 19.2. The van der Waals surface area contributed by atoms with Gasteiger partial charge in [-0.25, -0.2) is 18.7 Å². The number of halogens is 2. The number of rotatable bonds is 4. The largest absolute Gasteiger partial charge is 0.609 e. The Bertz CT molecular complexity index is 1450. The predicted molar refractivity (Wildman–Crippen MR) is 123 cm³/mol. The number of aromatic nitrogens is 7. The molecule has 3 atom stereocenters. The van der Waals surface area contributed by atoms with Gasteiger partial charge in [0.25, 0.3) is 5.95 Å². The van der Waals surface area contributed by atoms with E-state index in [0.717, 1.165) is 29.8 Å². The van der Waals surface area contributed by atoms with Gasteiger partial charge in [-0.1, -0.05) is 25.0 Å². The highest BCUT2D eigenvalue weighted by atomic mass is 32.2. The average molecular weight is 494 g/mol. The standard InChI is InChI=1S/C24H21F2N7OS/c1-23(2)14-7-9-24(23,18-8-10-27-21(29-18)33-12-28-22(32-33)35(3)34)20-13(14)11-17(30-31-20)19-15(25)5-4-6-16(19)26/h4-6,8,10-12,14H,7,9H2,1-3H3/t14?,24-,35?/m0/s1. The Morgan fingerprint density at radius 1 is 1.11 bits per heavy atom. The minimum Gasteiger partial charge on any atom is -0.609 e. The molecule has 8 nitrogen and oxygen atoms in total. The fraction of sp³-hybridized carbons (Fsp3) is 0.333. The highest BCUT2D eigenvalue weighted by Gasteiger charge is 2.65. The van der Waals surface area contributed by atoms with Crippen molar-refractivity contribution in [3.05, 3.63) is 71.4 Å². The number of fused-ring (bicyclic) bond motifs is 5.